The minimum absolute atomic E-state index is 0.134. The Morgan fingerprint density at radius 1 is 1.25 bits per heavy atom. The lowest BCUT2D eigenvalue weighted by Crippen LogP contribution is -2.37. The molecule has 0 aliphatic carbocycles. The third-order valence-electron chi connectivity index (χ3n) is 2.75. The first-order chi connectivity index (χ1) is 9.75. The molecule has 0 fully saturated rings. The second-order valence-electron chi connectivity index (χ2n) is 4.36. The van der Waals surface area contributed by atoms with Gasteiger partial charge in [-0.15, -0.1) is 0 Å². The molecule has 1 atom stereocenters. The van der Waals surface area contributed by atoms with Crippen LogP contribution in [0.5, 0.6) is 5.75 Å². The van der Waals surface area contributed by atoms with Crippen LogP contribution in [0.2, 0.25) is 0 Å². The molecular formula is C15H17N3O2. The maximum Gasteiger partial charge on any atom is 0.260 e. The van der Waals surface area contributed by atoms with Crippen LogP contribution in [0.3, 0.4) is 0 Å². The standard InChI is InChI=1S/C15H17N3O2/c1-12(20-14-5-3-2-4-6-14)15(19)18-8-7-13-9-16-11-17-10-13/h2-6,9-12H,7-8H2,1H3,(H,18,19)/t12-/m0/s1. The number of hydrogen-bond acceptors (Lipinski definition) is 4. The van der Waals surface area contributed by atoms with Crippen molar-refractivity contribution in [2.45, 2.75) is 19.4 Å². The van der Waals surface area contributed by atoms with Crippen LogP contribution >= 0.6 is 0 Å². The van der Waals surface area contributed by atoms with Crippen LogP contribution in [-0.2, 0) is 11.2 Å². The van der Waals surface area contributed by atoms with Gasteiger partial charge in [-0.2, -0.15) is 0 Å². The number of para-hydroxylation sites is 1. The highest BCUT2D eigenvalue weighted by Crippen LogP contribution is 2.10. The summed E-state index contributed by atoms with van der Waals surface area (Å²) in [6, 6.07) is 9.29. The lowest BCUT2D eigenvalue weighted by atomic mass is 10.2. The van der Waals surface area contributed by atoms with E-state index in [1.807, 2.05) is 30.3 Å². The summed E-state index contributed by atoms with van der Waals surface area (Å²) in [6.07, 6.45) is 5.14. The molecule has 0 aliphatic rings. The van der Waals surface area contributed by atoms with Gasteiger partial charge in [0, 0.05) is 18.9 Å². The van der Waals surface area contributed by atoms with Crippen molar-refractivity contribution in [1.82, 2.24) is 15.3 Å². The van der Waals surface area contributed by atoms with E-state index in [2.05, 4.69) is 15.3 Å². The average molecular weight is 271 g/mol. The summed E-state index contributed by atoms with van der Waals surface area (Å²) in [5.41, 5.74) is 0.990. The quantitative estimate of drug-likeness (QED) is 0.866. The second kappa shape index (κ2) is 7.23. The van der Waals surface area contributed by atoms with Gasteiger partial charge in [0.1, 0.15) is 12.1 Å². The molecule has 20 heavy (non-hydrogen) atoms. The Labute approximate surface area is 118 Å². The summed E-state index contributed by atoms with van der Waals surface area (Å²) >= 11 is 0. The lowest BCUT2D eigenvalue weighted by molar-refractivity contribution is -0.127. The zero-order chi connectivity index (χ0) is 14.2. The lowest BCUT2D eigenvalue weighted by Gasteiger charge is -2.14. The van der Waals surface area contributed by atoms with Gasteiger partial charge in [0.2, 0.25) is 0 Å². The number of carbonyl (C=O) groups excluding carboxylic acids is 1. The minimum Gasteiger partial charge on any atom is -0.481 e. The molecule has 0 unspecified atom stereocenters. The van der Waals surface area contributed by atoms with Gasteiger partial charge in [0.25, 0.3) is 5.91 Å². The zero-order valence-corrected chi connectivity index (χ0v) is 11.3. The molecule has 2 rings (SSSR count). The van der Waals surface area contributed by atoms with Crippen molar-refractivity contribution in [3.05, 3.63) is 54.6 Å². The molecule has 1 amide bonds. The Bertz CT molecular complexity index is 531. The summed E-state index contributed by atoms with van der Waals surface area (Å²) in [6.45, 7) is 2.27. The fourth-order valence-electron chi connectivity index (χ4n) is 1.69. The Hall–Kier alpha value is -2.43. The first-order valence-corrected chi connectivity index (χ1v) is 6.49. The van der Waals surface area contributed by atoms with E-state index < -0.39 is 6.10 Å². The van der Waals surface area contributed by atoms with Crippen LogP contribution in [0.25, 0.3) is 0 Å². The van der Waals surface area contributed by atoms with Crippen LogP contribution in [0.4, 0.5) is 0 Å². The molecule has 5 heteroatoms. The highest BCUT2D eigenvalue weighted by Gasteiger charge is 2.13. The summed E-state index contributed by atoms with van der Waals surface area (Å²) in [5, 5.41) is 2.83. The zero-order valence-electron chi connectivity index (χ0n) is 11.3. The monoisotopic (exact) mass is 271 g/mol. The number of hydrogen-bond donors (Lipinski definition) is 1. The Morgan fingerprint density at radius 2 is 1.95 bits per heavy atom. The maximum absolute atomic E-state index is 11.9. The van der Waals surface area contributed by atoms with Crippen molar-refractivity contribution in [1.29, 1.82) is 0 Å². The van der Waals surface area contributed by atoms with Crippen LogP contribution in [0, 0.1) is 0 Å². The normalized spacial score (nSPS) is 11.7. The Balaban J connectivity index is 1.74. The third kappa shape index (κ3) is 4.35. The van der Waals surface area contributed by atoms with Gasteiger partial charge in [0.05, 0.1) is 0 Å². The Morgan fingerprint density at radius 3 is 2.65 bits per heavy atom. The molecule has 0 saturated carbocycles. The third-order valence-corrected chi connectivity index (χ3v) is 2.75. The molecule has 1 heterocycles. The van der Waals surface area contributed by atoms with E-state index >= 15 is 0 Å². The highest BCUT2D eigenvalue weighted by atomic mass is 16.5. The van der Waals surface area contributed by atoms with Gasteiger partial charge < -0.3 is 10.1 Å². The summed E-state index contributed by atoms with van der Waals surface area (Å²) in [5.74, 6) is 0.553. The molecule has 0 bridgehead atoms. The maximum atomic E-state index is 11.9. The second-order valence-corrected chi connectivity index (χ2v) is 4.36. The van der Waals surface area contributed by atoms with E-state index in [1.54, 1.807) is 19.3 Å². The predicted molar refractivity (Wildman–Crippen MR) is 75.3 cm³/mol. The van der Waals surface area contributed by atoms with Crippen molar-refractivity contribution in [2.24, 2.45) is 0 Å². The fourth-order valence-corrected chi connectivity index (χ4v) is 1.69. The minimum atomic E-state index is -0.524. The summed E-state index contributed by atoms with van der Waals surface area (Å²) in [7, 11) is 0. The molecule has 0 radical (unpaired) electrons. The molecule has 0 saturated heterocycles. The molecule has 5 nitrogen and oxygen atoms in total. The van der Waals surface area contributed by atoms with Gasteiger partial charge >= 0.3 is 0 Å². The van der Waals surface area contributed by atoms with E-state index in [9.17, 15) is 4.79 Å². The molecule has 1 aromatic carbocycles. The van der Waals surface area contributed by atoms with Crippen LogP contribution < -0.4 is 10.1 Å². The number of ether oxygens (including phenoxy) is 1. The topological polar surface area (TPSA) is 64.1 Å². The number of nitrogens with zero attached hydrogens (tertiary/aromatic N) is 2. The van der Waals surface area contributed by atoms with Crippen molar-refractivity contribution in [3.8, 4) is 5.75 Å². The highest BCUT2D eigenvalue weighted by molar-refractivity contribution is 5.80. The number of rotatable bonds is 6. The number of carbonyl (C=O) groups is 1. The van der Waals surface area contributed by atoms with Crippen LogP contribution in [0.1, 0.15) is 12.5 Å². The molecule has 104 valence electrons. The van der Waals surface area contributed by atoms with E-state index in [0.717, 1.165) is 5.56 Å². The smallest absolute Gasteiger partial charge is 0.260 e. The van der Waals surface area contributed by atoms with Crippen LogP contribution in [-0.4, -0.2) is 28.5 Å². The molecular weight excluding hydrogens is 254 g/mol. The van der Waals surface area contributed by atoms with Crippen molar-refractivity contribution < 1.29 is 9.53 Å². The van der Waals surface area contributed by atoms with E-state index in [1.165, 1.54) is 6.33 Å². The number of benzene rings is 1. The number of aromatic nitrogens is 2. The van der Waals surface area contributed by atoms with E-state index in [0.29, 0.717) is 18.7 Å². The van der Waals surface area contributed by atoms with Crippen LogP contribution in [0.15, 0.2) is 49.1 Å². The molecule has 0 aliphatic heterocycles. The molecule has 0 spiro atoms. The predicted octanol–water partition coefficient (Wildman–Crippen LogP) is 1.60. The van der Waals surface area contributed by atoms with Gasteiger partial charge in [-0.3, -0.25) is 4.79 Å². The summed E-state index contributed by atoms with van der Waals surface area (Å²) < 4.78 is 5.54. The fraction of sp³-hybridized carbons (Fsp3) is 0.267. The van der Waals surface area contributed by atoms with Gasteiger partial charge in [-0.1, -0.05) is 18.2 Å². The first kappa shape index (κ1) is 14.0. The Kier molecular flexibility index (Phi) is 5.06. The molecule has 1 aromatic heterocycles. The van der Waals surface area contributed by atoms with E-state index in [4.69, 9.17) is 4.74 Å². The van der Waals surface area contributed by atoms with E-state index in [-0.39, 0.29) is 5.91 Å². The largest absolute Gasteiger partial charge is 0.481 e. The van der Waals surface area contributed by atoms with Crippen molar-refractivity contribution >= 4 is 5.91 Å². The van der Waals surface area contributed by atoms with Gasteiger partial charge in [-0.25, -0.2) is 9.97 Å². The summed E-state index contributed by atoms with van der Waals surface area (Å²) in [4.78, 5) is 19.7. The molecule has 2 aromatic rings. The number of nitrogens with one attached hydrogen (secondary N) is 1. The molecule has 1 N–H and O–H groups in total. The SMILES string of the molecule is C[C@H](Oc1ccccc1)C(=O)NCCc1cncnc1. The van der Waals surface area contributed by atoms with Crippen molar-refractivity contribution in [3.63, 3.8) is 0 Å². The van der Waals surface area contributed by atoms with Gasteiger partial charge in [-0.05, 0) is 31.0 Å². The average Bonchev–Trinajstić information content (AvgIpc) is 2.49. The number of amides is 1. The first-order valence-electron chi connectivity index (χ1n) is 6.49. The van der Waals surface area contributed by atoms with Gasteiger partial charge in [0.15, 0.2) is 6.10 Å². The van der Waals surface area contributed by atoms with Crippen molar-refractivity contribution in [2.75, 3.05) is 6.54 Å².